The first kappa shape index (κ1) is 34.3. The van der Waals surface area contributed by atoms with Crippen molar-refractivity contribution in [2.75, 3.05) is 0 Å². The summed E-state index contributed by atoms with van der Waals surface area (Å²) in [4.78, 5) is 46.9. The Balaban J connectivity index is 0.00000240. The van der Waals surface area contributed by atoms with E-state index >= 15 is 0 Å². The molecule has 0 atom stereocenters. The van der Waals surface area contributed by atoms with Gasteiger partial charge in [-0.2, -0.15) is 0 Å². The smallest absolute Gasteiger partial charge is 0.545 e. The van der Waals surface area contributed by atoms with E-state index in [2.05, 4.69) is 0 Å². The minimum atomic E-state index is -2.12. The van der Waals surface area contributed by atoms with Gasteiger partial charge in [0.05, 0.1) is 23.9 Å². The van der Waals surface area contributed by atoms with Gasteiger partial charge in [-0.15, -0.1) is 0 Å². The van der Waals surface area contributed by atoms with Crippen LogP contribution in [0.4, 0.5) is 0 Å². The van der Waals surface area contributed by atoms with Crippen molar-refractivity contribution in [2.24, 2.45) is 0 Å². The molecule has 0 aliphatic carbocycles. The van der Waals surface area contributed by atoms with Crippen molar-refractivity contribution in [2.45, 2.75) is 0 Å². The first-order chi connectivity index (χ1) is 13.2. The molecule has 138 valence electrons. The molecule has 0 aliphatic rings. The van der Waals surface area contributed by atoms with Gasteiger partial charge in [-0.25, -0.2) is 0 Å². The van der Waals surface area contributed by atoms with Crippen LogP contribution in [0.2, 0.25) is 0 Å². The van der Waals surface area contributed by atoms with Gasteiger partial charge in [0, 0.05) is 27.6 Å². The summed E-state index contributed by atoms with van der Waals surface area (Å²) in [7, 11) is 0. The van der Waals surface area contributed by atoms with Gasteiger partial charge in [-0.1, -0.05) is 30.3 Å². The van der Waals surface area contributed by atoms with E-state index in [-0.39, 0.29) is 216 Å². The van der Waals surface area contributed by atoms with Gasteiger partial charge in [-0.3, -0.25) is 0 Å². The van der Waals surface area contributed by atoms with E-state index in [4.69, 9.17) is 0 Å². The fourth-order valence-corrected chi connectivity index (χ4v) is 3.78. The van der Waals surface area contributed by atoms with Crippen LogP contribution in [0.25, 0.3) is 32.3 Å². The topological polar surface area (TPSA) is 161 Å². The predicted molar refractivity (Wildman–Crippen MR) is 87.5 cm³/mol. The van der Waals surface area contributed by atoms with Crippen molar-refractivity contribution in [3.8, 4) is 0 Å². The van der Waals surface area contributed by atoms with Crippen LogP contribution >= 0.6 is 0 Å². The van der Waals surface area contributed by atoms with Crippen LogP contribution in [0, 0.1) is 0 Å². The number of hydrogen-bond acceptors (Lipinski definition) is 8. The standard InChI is InChI=1S/C20H10O8.4K/c21-17(22)10-6-8-3-1-2-7-4-5-9-12(11(7)8)13(10)15(19(25)26)16(20(27)28)14(9)18(23)24;;;;/h1-6H,(H,21,22)(H,23,24)(H,25,26)(H,27,28);;;;/q;4*+1/p-4. The number of aromatic carboxylic acids is 4. The Morgan fingerprint density at radius 2 is 1.06 bits per heavy atom. The van der Waals surface area contributed by atoms with Crippen LogP contribution in [-0.4, -0.2) is 23.9 Å². The van der Waals surface area contributed by atoms with E-state index in [1.807, 2.05) is 0 Å². The van der Waals surface area contributed by atoms with Crippen LogP contribution in [0.3, 0.4) is 0 Å². The summed E-state index contributed by atoms with van der Waals surface area (Å²) in [5.41, 5.74) is -3.85. The van der Waals surface area contributed by atoms with Crippen molar-refractivity contribution in [3.63, 3.8) is 0 Å². The minimum absolute atomic E-state index is 0. The molecule has 0 radical (unpaired) electrons. The van der Waals surface area contributed by atoms with Crippen LogP contribution in [0.5, 0.6) is 0 Å². The Hall–Kier alpha value is 2.35. The number of carboxylic acid groups (broad SMARTS) is 4. The number of carbonyl (C=O) groups excluding carboxylic acids is 4. The van der Waals surface area contributed by atoms with E-state index in [9.17, 15) is 39.6 Å². The van der Waals surface area contributed by atoms with E-state index in [0.29, 0.717) is 16.2 Å². The molecule has 0 amide bonds. The second-order valence-electron chi connectivity index (χ2n) is 6.14. The molecular formula is C20H6K4O8. The minimum Gasteiger partial charge on any atom is -0.545 e. The second-order valence-corrected chi connectivity index (χ2v) is 6.14. The maximum absolute atomic E-state index is 11.8. The first-order valence-electron chi connectivity index (χ1n) is 7.87. The summed E-state index contributed by atoms with van der Waals surface area (Å²) in [6.07, 6.45) is 0. The molecule has 0 spiro atoms. The van der Waals surface area contributed by atoms with Gasteiger partial charge >= 0.3 is 206 Å². The number of carbonyl (C=O) groups is 4. The maximum atomic E-state index is 11.8. The molecule has 4 rings (SSSR count). The molecule has 0 N–H and O–H groups in total. The summed E-state index contributed by atoms with van der Waals surface area (Å²) in [5, 5.41) is 47.5. The zero-order chi connectivity index (χ0) is 20.3. The zero-order valence-corrected chi connectivity index (χ0v) is 30.2. The second kappa shape index (κ2) is 13.8. The molecule has 12 heteroatoms. The van der Waals surface area contributed by atoms with Crippen LogP contribution in [0.15, 0.2) is 36.4 Å². The molecule has 4 aromatic rings. The normalized spacial score (nSPS) is 9.88. The largest absolute Gasteiger partial charge is 1.00 e. The third-order valence-electron chi connectivity index (χ3n) is 4.75. The molecule has 0 saturated carbocycles. The van der Waals surface area contributed by atoms with E-state index < -0.39 is 51.5 Å². The Morgan fingerprint density at radius 3 is 1.56 bits per heavy atom. The third kappa shape index (κ3) is 5.91. The molecule has 4 aromatic carbocycles. The van der Waals surface area contributed by atoms with E-state index in [1.54, 1.807) is 18.2 Å². The van der Waals surface area contributed by atoms with Crippen molar-refractivity contribution < 1.29 is 245 Å². The summed E-state index contributed by atoms with van der Waals surface area (Å²) in [6, 6.07) is 8.75. The summed E-state index contributed by atoms with van der Waals surface area (Å²) in [6.45, 7) is 0. The number of hydrogen-bond donors (Lipinski definition) is 0. The fourth-order valence-electron chi connectivity index (χ4n) is 3.78. The van der Waals surface area contributed by atoms with Crippen molar-refractivity contribution in [3.05, 3.63) is 58.7 Å². The number of carboxylic acids is 4. The van der Waals surface area contributed by atoms with Gasteiger partial charge in [0.1, 0.15) is 0 Å². The van der Waals surface area contributed by atoms with Crippen molar-refractivity contribution in [1.82, 2.24) is 0 Å². The fraction of sp³-hybridized carbons (Fsp3) is 0. The predicted octanol–water partition coefficient (Wildman–Crippen LogP) is -13.9. The molecule has 8 nitrogen and oxygen atoms in total. The summed E-state index contributed by atoms with van der Waals surface area (Å²) < 4.78 is 0. The van der Waals surface area contributed by atoms with Crippen LogP contribution < -0.4 is 226 Å². The number of benzene rings is 4. The van der Waals surface area contributed by atoms with Gasteiger partial charge in [-0.05, 0) is 33.0 Å². The van der Waals surface area contributed by atoms with Crippen molar-refractivity contribution >= 4 is 56.2 Å². The van der Waals surface area contributed by atoms with E-state index in [0.717, 1.165) is 6.07 Å². The molecule has 0 aliphatic heterocycles. The van der Waals surface area contributed by atoms with Gasteiger partial charge in [0.2, 0.25) is 0 Å². The maximum Gasteiger partial charge on any atom is 1.00 e. The molecule has 32 heavy (non-hydrogen) atoms. The Morgan fingerprint density at radius 1 is 0.531 bits per heavy atom. The molecule has 0 saturated heterocycles. The Kier molecular flexibility index (Phi) is 14.8. The van der Waals surface area contributed by atoms with Gasteiger partial charge in [0.25, 0.3) is 0 Å². The zero-order valence-electron chi connectivity index (χ0n) is 17.7. The molecule has 0 fully saturated rings. The summed E-state index contributed by atoms with van der Waals surface area (Å²) >= 11 is 0. The first-order valence-corrected chi connectivity index (χ1v) is 7.87. The quantitative estimate of drug-likeness (QED) is 0.186. The van der Waals surface area contributed by atoms with Crippen molar-refractivity contribution in [1.29, 1.82) is 0 Å². The molecule has 0 unspecified atom stereocenters. The third-order valence-corrected chi connectivity index (χ3v) is 4.75. The summed E-state index contributed by atoms with van der Waals surface area (Å²) in [5.74, 6) is -7.90. The van der Waals surface area contributed by atoms with Crippen LogP contribution in [0.1, 0.15) is 41.4 Å². The Labute approximate surface area is 350 Å². The SMILES string of the molecule is O=C([O-])c1c(C(=O)[O-])c2ccc3cccc4cc(C(=O)[O-])c(c1C(=O)[O-])c2c34.[K+].[K+].[K+].[K+]. The van der Waals surface area contributed by atoms with Gasteiger partial charge < -0.3 is 39.6 Å². The van der Waals surface area contributed by atoms with Crippen LogP contribution in [-0.2, 0) is 0 Å². The molecule has 0 aromatic heterocycles. The monoisotopic (exact) mass is 530 g/mol. The van der Waals surface area contributed by atoms with E-state index in [1.165, 1.54) is 12.1 Å². The van der Waals surface area contributed by atoms with Gasteiger partial charge in [0.15, 0.2) is 0 Å². The molecule has 0 bridgehead atoms. The molecular weight excluding hydrogens is 525 g/mol. The Bertz CT molecular complexity index is 1380. The average Bonchev–Trinajstić information content (AvgIpc) is 2.63. The molecule has 0 heterocycles. The number of rotatable bonds is 4. The average molecular weight is 531 g/mol.